The summed E-state index contributed by atoms with van der Waals surface area (Å²) >= 11 is 3.33. The van der Waals surface area contributed by atoms with Crippen molar-refractivity contribution in [1.29, 1.82) is 0 Å². The van der Waals surface area contributed by atoms with E-state index in [-0.39, 0.29) is 12.5 Å². The van der Waals surface area contributed by atoms with Gasteiger partial charge in [0.1, 0.15) is 0 Å². The molecule has 0 spiro atoms. The number of rotatable bonds is 3. The number of nitrogens with one attached hydrogen (secondary N) is 1. The van der Waals surface area contributed by atoms with Crippen LogP contribution in [0.5, 0.6) is 0 Å². The van der Waals surface area contributed by atoms with Gasteiger partial charge in [0.2, 0.25) is 0 Å². The number of nitrogens with two attached hydrogens (primary N) is 1. The molecule has 0 aromatic heterocycles. The zero-order valence-electron chi connectivity index (χ0n) is 11.0. The predicted molar refractivity (Wildman–Crippen MR) is 83.6 cm³/mol. The van der Waals surface area contributed by atoms with Crippen molar-refractivity contribution < 1.29 is 9.90 Å². The first kappa shape index (κ1) is 14.6. The lowest BCUT2D eigenvalue weighted by atomic mass is 10.1. The summed E-state index contributed by atoms with van der Waals surface area (Å²) in [6.45, 7) is 1.79. The highest BCUT2D eigenvalue weighted by Gasteiger charge is 2.12. The monoisotopic (exact) mass is 334 g/mol. The van der Waals surface area contributed by atoms with Crippen LogP contribution in [0.1, 0.15) is 21.5 Å². The van der Waals surface area contributed by atoms with Crippen LogP contribution in [0.2, 0.25) is 0 Å². The van der Waals surface area contributed by atoms with Crippen molar-refractivity contribution in [2.45, 2.75) is 13.5 Å². The third-order valence-electron chi connectivity index (χ3n) is 3.05. The fraction of sp³-hybridized carbons (Fsp3) is 0.133. The number of aliphatic hydroxyl groups excluding tert-OH is 1. The van der Waals surface area contributed by atoms with Crippen molar-refractivity contribution in [3.8, 4) is 0 Å². The van der Waals surface area contributed by atoms with Gasteiger partial charge in [0.15, 0.2) is 0 Å². The molecule has 2 rings (SSSR count). The Morgan fingerprint density at radius 3 is 2.55 bits per heavy atom. The highest BCUT2D eigenvalue weighted by Crippen LogP contribution is 2.23. The second-order valence-electron chi connectivity index (χ2n) is 4.48. The van der Waals surface area contributed by atoms with Gasteiger partial charge in [0.05, 0.1) is 6.61 Å². The van der Waals surface area contributed by atoms with Crippen LogP contribution < -0.4 is 11.1 Å². The van der Waals surface area contributed by atoms with Crippen LogP contribution in [0.15, 0.2) is 40.9 Å². The van der Waals surface area contributed by atoms with Crippen molar-refractivity contribution in [2.24, 2.45) is 0 Å². The molecule has 5 heteroatoms. The Bertz CT molecular complexity index is 639. The van der Waals surface area contributed by atoms with Crippen molar-refractivity contribution in [1.82, 2.24) is 0 Å². The van der Waals surface area contributed by atoms with Gasteiger partial charge in [-0.3, -0.25) is 4.79 Å². The molecule has 2 aromatic rings. The fourth-order valence-corrected chi connectivity index (χ4v) is 2.30. The summed E-state index contributed by atoms with van der Waals surface area (Å²) in [5.41, 5.74) is 9.17. The van der Waals surface area contributed by atoms with E-state index in [1.165, 1.54) is 0 Å². The van der Waals surface area contributed by atoms with E-state index in [4.69, 9.17) is 10.8 Å². The minimum Gasteiger partial charge on any atom is -0.398 e. The first-order chi connectivity index (χ1) is 9.51. The molecule has 20 heavy (non-hydrogen) atoms. The first-order valence-corrected chi connectivity index (χ1v) is 6.87. The Kier molecular flexibility index (Phi) is 4.42. The third kappa shape index (κ3) is 3.18. The molecule has 0 saturated heterocycles. The number of anilines is 2. The molecule has 0 atom stereocenters. The zero-order chi connectivity index (χ0) is 14.7. The van der Waals surface area contributed by atoms with Gasteiger partial charge in [-0.15, -0.1) is 0 Å². The molecule has 4 nitrogen and oxygen atoms in total. The number of hydrogen-bond acceptors (Lipinski definition) is 3. The number of aliphatic hydroxyl groups is 1. The Balaban J connectivity index is 2.23. The summed E-state index contributed by atoms with van der Waals surface area (Å²) in [4.78, 5) is 12.3. The lowest BCUT2D eigenvalue weighted by Gasteiger charge is -2.10. The van der Waals surface area contributed by atoms with Gasteiger partial charge < -0.3 is 16.2 Å². The Morgan fingerprint density at radius 2 is 1.95 bits per heavy atom. The van der Waals surface area contributed by atoms with Crippen molar-refractivity contribution in [3.05, 3.63) is 57.6 Å². The van der Waals surface area contributed by atoms with Crippen molar-refractivity contribution in [3.63, 3.8) is 0 Å². The quantitative estimate of drug-likeness (QED) is 0.755. The number of carbonyl (C=O) groups excluding carboxylic acids is 1. The van der Waals surface area contributed by atoms with Crippen LogP contribution in [-0.4, -0.2) is 11.0 Å². The Hall–Kier alpha value is -1.85. The van der Waals surface area contributed by atoms with E-state index in [1.54, 1.807) is 36.4 Å². The summed E-state index contributed by atoms with van der Waals surface area (Å²) in [7, 11) is 0. The molecular formula is C15H15BrN2O2. The molecule has 0 radical (unpaired) electrons. The van der Waals surface area contributed by atoms with Gasteiger partial charge in [0, 0.05) is 21.4 Å². The average molecular weight is 335 g/mol. The third-order valence-corrected chi connectivity index (χ3v) is 3.51. The van der Waals surface area contributed by atoms with E-state index >= 15 is 0 Å². The molecule has 0 unspecified atom stereocenters. The van der Waals surface area contributed by atoms with Gasteiger partial charge in [-0.2, -0.15) is 0 Å². The lowest BCUT2D eigenvalue weighted by Crippen LogP contribution is -2.14. The van der Waals surface area contributed by atoms with Gasteiger partial charge >= 0.3 is 0 Å². The zero-order valence-corrected chi connectivity index (χ0v) is 12.6. The van der Waals surface area contributed by atoms with Crippen molar-refractivity contribution >= 4 is 33.2 Å². The molecule has 104 valence electrons. The summed E-state index contributed by atoms with van der Waals surface area (Å²) in [5, 5.41) is 11.8. The summed E-state index contributed by atoms with van der Waals surface area (Å²) < 4.78 is 0.765. The standard InChI is InChI=1S/C15H15BrN2O2/c1-9-13(6-11(16)7-14(9)17)15(20)18-12-4-2-10(8-19)3-5-12/h2-7,19H,8,17H2,1H3,(H,18,20). The smallest absolute Gasteiger partial charge is 0.256 e. The Morgan fingerprint density at radius 1 is 1.30 bits per heavy atom. The normalized spacial score (nSPS) is 10.3. The van der Waals surface area contributed by atoms with Gasteiger partial charge in [-0.1, -0.05) is 28.1 Å². The van der Waals surface area contributed by atoms with E-state index in [1.807, 2.05) is 6.92 Å². The minimum atomic E-state index is -0.216. The number of hydrogen-bond donors (Lipinski definition) is 3. The molecule has 0 heterocycles. The second-order valence-corrected chi connectivity index (χ2v) is 5.39. The van der Waals surface area contributed by atoms with Gasteiger partial charge in [0.25, 0.3) is 5.91 Å². The minimum absolute atomic E-state index is 0.0184. The molecule has 1 amide bonds. The molecule has 0 saturated carbocycles. The molecule has 2 aromatic carbocycles. The SMILES string of the molecule is Cc1c(N)cc(Br)cc1C(=O)Nc1ccc(CO)cc1. The molecular weight excluding hydrogens is 320 g/mol. The highest BCUT2D eigenvalue weighted by molar-refractivity contribution is 9.10. The number of amides is 1. The summed E-state index contributed by atoms with van der Waals surface area (Å²) in [6, 6.07) is 10.5. The Labute approximate surface area is 125 Å². The number of nitrogen functional groups attached to an aromatic ring is 1. The maximum Gasteiger partial charge on any atom is 0.256 e. The summed E-state index contributed by atoms with van der Waals surface area (Å²) in [6.07, 6.45) is 0. The number of halogens is 1. The van der Waals surface area contributed by atoms with Crippen LogP contribution >= 0.6 is 15.9 Å². The van der Waals surface area contributed by atoms with E-state index in [2.05, 4.69) is 21.2 Å². The first-order valence-electron chi connectivity index (χ1n) is 6.08. The molecule has 0 aliphatic carbocycles. The maximum atomic E-state index is 12.3. The molecule has 0 aliphatic rings. The molecule has 0 bridgehead atoms. The van der Waals surface area contributed by atoms with Crippen LogP contribution in [0.3, 0.4) is 0 Å². The van der Waals surface area contributed by atoms with E-state index in [0.29, 0.717) is 16.9 Å². The van der Waals surface area contributed by atoms with Crippen LogP contribution in [-0.2, 0) is 6.61 Å². The summed E-state index contributed by atoms with van der Waals surface area (Å²) in [5.74, 6) is -0.216. The molecule has 0 fully saturated rings. The second kappa shape index (κ2) is 6.07. The number of benzene rings is 2. The highest BCUT2D eigenvalue weighted by atomic mass is 79.9. The van der Waals surface area contributed by atoms with E-state index in [9.17, 15) is 4.79 Å². The molecule has 0 aliphatic heterocycles. The predicted octanol–water partition coefficient (Wildman–Crippen LogP) is 3.08. The van der Waals surface area contributed by atoms with Gasteiger partial charge in [-0.05, 0) is 42.3 Å². The largest absolute Gasteiger partial charge is 0.398 e. The van der Waals surface area contributed by atoms with E-state index in [0.717, 1.165) is 15.6 Å². The van der Waals surface area contributed by atoms with E-state index < -0.39 is 0 Å². The van der Waals surface area contributed by atoms with Crippen LogP contribution in [0, 0.1) is 6.92 Å². The topological polar surface area (TPSA) is 75.4 Å². The number of carbonyl (C=O) groups is 1. The fourth-order valence-electron chi connectivity index (χ4n) is 1.83. The van der Waals surface area contributed by atoms with Crippen LogP contribution in [0.4, 0.5) is 11.4 Å². The lowest BCUT2D eigenvalue weighted by molar-refractivity contribution is 0.102. The van der Waals surface area contributed by atoms with Gasteiger partial charge in [-0.25, -0.2) is 0 Å². The molecule has 4 N–H and O–H groups in total. The maximum absolute atomic E-state index is 12.3. The van der Waals surface area contributed by atoms with Crippen molar-refractivity contribution in [2.75, 3.05) is 11.1 Å². The average Bonchev–Trinajstić information content (AvgIpc) is 2.43. The van der Waals surface area contributed by atoms with Crippen LogP contribution in [0.25, 0.3) is 0 Å².